The third-order valence-electron chi connectivity index (χ3n) is 3.76. The molecular formula is C18H16F3IN4O. The summed E-state index contributed by atoms with van der Waals surface area (Å²) in [6.07, 6.45) is -2.87. The number of aromatic nitrogens is 3. The Hall–Kier alpha value is -2.14. The number of nitrogens with two attached hydrogens (primary N) is 1. The third kappa shape index (κ3) is 5.19. The fourth-order valence-corrected chi connectivity index (χ4v) is 3.11. The summed E-state index contributed by atoms with van der Waals surface area (Å²) < 4.78 is 42.8. The van der Waals surface area contributed by atoms with Crippen molar-refractivity contribution in [1.82, 2.24) is 14.8 Å². The molecule has 3 aromatic rings. The van der Waals surface area contributed by atoms with Crippen LogP contribution in [0.4, 0.5) is 13.2 Å². The van der Waals surface area contributed by atoms with Crippen molar-refractivity contribution in [1.29, 1.82) is 0 Å². The van der Waals surface area contributed by atoms with Crippen molar-refractivity contribution in [3.05, 3.63) is 57.9 Å². The molecule has 3 rings (SSSR count). The molecule has 27 heavy (non-hydrogen) atoms. The van der Waals surface area contributed by atoms with Crippen molar-refractivity contribution < 1.29 is 17.9 Å². The lowest BCUT2D eigenvalue weighted by molar-refractivity contribution is -0.274. The van der Waals surface area contributed by atoms with E-state index in [4.69, 9.17) is 5.73 Å². The molecule has 2 aromatic carbocycles. The number of hydrogen-bond donors (Lipinski definition) is 1. The predicted molar refractivity (Wildman–Crippen MR) is 104 cm³/mol. The molecule has 0 radical (unpaired) electrons. The van der Waals surface area contributed by atoms with Crippen LogP contribution in [0, 0.1) is 3.83 Å². The molecule has 0 amide bonds. The summed E-state index contributed by atoms with van der Waals surface area (Å²) in [7, 11) is 0. The summed E-state index contributed by atoms with van der Waals surface area (Å²) in [6, 6.07) is 13.4. The van der Waals surface area contributed by atoms with E-state index in [0.717, 1.165) is 18.4 Å². The fraction of sp³-hybridized carbons (Fsp3) is 0.222. The van der Waals surface area contributed by atoms with Crippen LogP contribution in [0.2, 0.25) is 0 Å². The van der Waals surface area contributed by atoms with Crippen LogP contribution in [0.1, 0.15) is 12.0 Å². The molecule has 2 N–H and O–H groups in total. The van der Waals surface area contributed by atoms with E-state index in [9.17, 15) is 13.2 Å². The Morgan fingerprint density at radius 3 is 2.30 bits per heavy atom. The highest BCUT2D eigenvalue weighted by atomic mass is 127. The zero-order valence-corrected chi connectivity index (χ0v) is 16.2. The average molecular weight is 488 g/mol. The maximum absolute atomic E-state index is 12.3. The van der Waals surface area contributed by atoms with Crippen LogP contribution in [-0.2, 0) is 6.42 Å². The van der Waals surface area contributed by atoms with Crippen LogP contribution in [0.25, 0.3) is 17.1 Å². The number of rotatable bonds is 6. The number of halogens is 4. The van der Waals surface area contributed by atoms with Crippen LogP contribution in [-0.4, -0.2) is 27.7 Å². The van der Waals surface area contributed by atoms with E-state index >= 15 is 0 Å². The monoisotopic (exact) mass is 488 g/mol. The molecular weight excluding hydrogens is 472 g/mol. The summed E-state index contributed by atoms with van der Waals surface area (Å²) >= 11 is 2.03. The van der Waals surface area contributed by atoms with Gasteiger partial charge in [-0.15, -0.1) is 18.3 Å². The maximum atomic E-state index is 12.3. The Balaban J connectivity index is 1.80. The van der Waals surface area contributed by atoms with Gasteiger partial charge >= 0.3 is 6.36 Å². The molecule has 0 aliphatic heterocycles. The van der Waals surface area contributed by atoms with Gasteiger partial charge in [0, 0.05) is 28.2 Å². The van der Waals surface area contributed by atoms with Gasteiger partial charge in [0.25, 0.3) is 0 Å². The first-order valence-corrected chi connectivity index (χ1v) is 9.22. The van der Waals surface area contributed by atoms with Gasteiger partial charge in [0.1, 0.15) is 5.75 Å². The first-order chi connectivity index (χ1) is 12.9. The highest BCUT2D eigenvalue weighted by molar-refractivity contribution is 14.1. The highest BCUT2D eigenvalue weighted by Crippen LogP contribution is 2.25. The zero-order chi connectivity index (χ0) is 19.4. The molecule has 0 fully saturated rings. The standard InChI is InChI=1S/C18H16F3IN4O/c19-18(20,21)27-15-9-7-14(8-10-15)26-17(22)24-16(25-26)13-5-3-12(4-6-13)2-1-11-23/h3-10H,1-2,11,23H2. The summed E-state index contributed by atoms with van der Waals surface area (Å²) in [5, 5.41) is 4.46. The minimum absolute atomic E-state index is 0.283. The Labute approximate surface area is 167 Å². The molecule has 0 aliphatic carbocycles. The number of benzene rings is 2. The third-order valence-corrected chi connectivity index (χ3v) is 4.46. The Kier molecular flexibility index (Phi) is 6.00. The number of alkyl halides is 3. The van der Waals surface area contributed by atoms with Gasteiger partial charge in [-0.25, -0.2) is 9.67 Å². The van der Waals surface area contributed by atoms with E-state index in [1.54, 1.807) is 4.68 Å². The maximum Gasteiger partial charge on any atom is 0.573 e. The molecule has 0 saturated carbocycles. The number of nitrogens with zero attached hydrogens (tertiary/aromatic N) is 3. The van der Waals surface area contributed by atoms with E-state index in [0.29, 0.717) is 21.9 Å². The zero-order valence-electron chi connectivity index (χ0n) is 14.1. The van der Waals surface area contributed by atoms with Crippen LogP contribution < -0.4 is 10.5 Å². The first-order valence-electron chi connectivity index (χ1n) is 8.14. The molecule has 0 aliphatic rings. The van der Waals surface area contributed by atoms with Crippen LogP contribution in [0.3, 0.4) is 0 Å². The lowest BCUT2D eigenvalue weighted by Gasteiger charge is -2.09. The molecule has 1 heterocycles. The Morgan fingerprint density at radius 2 is 1.70 bits per heavy atom. The Bertz CT molecular complexity index is 892. The number of aryl methyl sites for hydroxylation is 1. The van der Waals surface area contributed by atoms with E-state index < -0.39 is 6.36 Å². The quantitative estimate of drug-likeness (QED) is 0.525. The van der Waals surface area contributed by atoms with Crippen molar-refractivity contribution in [3.8, 4) is 22.8 Å². The first kappa shape index (κ1) is 19.6. The van der Waals surface area contributed by atoms with E-state index in [1.165, 1.54) is 29.8 Å². The van der Waals surface area contributed by atoms with Crippen molar-refractivity contribution in [2.75, 3.05) is 6.54 Å². The molecule has 5 nitrogen and oxygen atoms in total. The van der Waals surface area contributed by atoms with Gasteiger partial charge in [-0.1, -0.05) is 24.3 Å². The predicted octanol–water partition coefficient (Wildman–Crippen LogP) is 4.33. The minimum atomic E-state index is -4.72. The summed E-state index contributed by atoms with van der Waals surface area (Å²) in [4.78, 5) is 4.44. The van der Waals surface area contributed by atoms with Crippen molar-refractivity contribution in [2.45, 2.75) is 19.2 Å². The van der Waals surface area contributed by atoms with Gasteiger partial charge in [0.05, 0.1) is 5.69 Å². The second kappa shape index (κ2) is 8.26. The lowest BCUT2D eigenvalue weighted by Crippen LogP contribution is -2.17. The SMILES string of the molecule is NCCCc1ccc(-c2nc(I)n(-c3ccc(OC(F)(F)F)cc3)n2)cc1. The van der Waals surface area contributed by atoms with Crippen LogP contribution in [0.15, 0.2) is 48.5 Å². The van der Waals surface area contributed by atoms with Crippen molar-refractivity contribution >= 4 is 22.6 Å². The summed E-state index contributed by atoms with van der Waals surface area (Å²) in [5.41, 5.74) is 8.17. The summed E-state index contributed by atoms with van der Waals surface area (Å²) in [6.45, 7) is 0.651. The topological polar surface area (TPSA) is 66.0 Å². The number of hydrogen-bond acceptors (Lipinski definition) is 4. The molecule has 0 atom stereocenters. The van der Waals surface area contributed by atoms with Gasteiger partial charge in [0.2, 0.25) is 0 Å². The van der Waals surface area contributed by atoms with E-state index in [2.05, 4.69) is 14.8 Å². The molecule has 9 heteroatoms. The molecule has 0 unspecified atom stereocenters. The summed E-state index contributed by atoms with van der Waals surface area (Å²) in [5.74, 6) is 0.259. The second-order valence-electron chi connectivity index (χ2n) is 5.75. The van der Waals surface area contributed by atoms with Crippen LogP contribution >= 0.6 is 22.6 Å². The molecule has 142 valence electrons. The lowest BCUT2D eigenvalue weighted by atomic mass is 10.1. The van der Waals surface area contributed by atoms with Crippen molar-refractivity contribution in [3.63, 3.8) is 0 Å². The van der Waals surface area contributed by atoms with Crippen LogP contribution in [0.5, 0.6) is 5.75 Å². The second-order valence-corrected chi connectivity index (χ2v) is 6.71. The molecule has 0 saturated heterocycles. The average Bonchev–Trinajstić information content (AvgIpc) is 3.01. The molecule has 0 spiro atoms. The highest BCUT2D eigenvalue weighted by Gasteiger charge is 2.31. The van der Waals surface area contributed by atoms with Gasteiger partial charge < -0.3 is 10.5 Å². The van der Waals surface area contributed by atoms with E-state index in [1.807, 2.05) is 46.9 Å². The Morgan fingerprint density at radius 1 is 1.04 bits per heavy atom. The van der Waals surface area contributed by atoms with Gasteiger partial charge in [-0.3, -0.25) is 0 Å². The largest absolute Gasteiger partial charge is 0.573 e. The van der Waals surface area contributed by atoms with Gasteiger partial charge in [-0.05, 0) is 49.2 Å². The smallest absolute Gasteiger partial charge is 0.406 e. The molecule has 1 aromatic heterocycles. The number of ether oxygens (including phenoxy) is 1. The fourth-order valence-electron chi connectivity index (χ4n) is 2.50. The van der Waals surface area contributed by atoms with E-state index in [-0.39, 0.29) is 5.75 Å². The minimum Gasteiger partial charge on any atom is -0.406 e. The van der Waals surface area contributed by atoms with Crippen molar-refractivity contribution in [2.24, 2.45) is 5.73 Å². The van der Waals surface area contributed by atoms with Gasteiger partial charge in [-0.2, -0.15) is 0 Å². The molecule has 0 bridgehead atoms. The van der Waals surface area contributed by atoms with Gasteiger partial charge in [0.15, 0.2) is 9.66 Å². The normalized spacial score (nSPS) is 11.6.